The van der Waals surface area contributed by atoms with Crippen LogP contribution >= 0.6 is 0 Å². The van der Waals surface area contributed by atoms with Crippen molar-refractivity contribution in [2.45, 2.75) is 13.3 Å². The maximum absolute atomic E-state index is 5.90. The molecule has 0 radical (unpaired) electrons. The van der Waals surface area contributed by atoms with E-state index in [4.69, 9.17) is 10.5 Å². The average Bonchev–Trinajstić information content (AvgIpc) is 2.49. The third-order valence-electron chi connectivity index (χ3n) is 3.27. The standard InChI is InChI=1S/C17H21N3O/c1-13-6-3-4-7-14(13)10-11-19-17(18)20-15-8-5-9-16(12-15)21-2/h3-9,12H,10-11H2,1-2H3,(H3,18,19,20). The lowest BCUT2D eigenvalue weighted by Crippen LogP contribution is -2.23. The topological polar surface area (TPSA) is 59.6 Å². The Kier molecular flexibility index (Phi) is 5.21. The van der Waals surface area contributed by atoms with Gasteiger partial charge >= 0.3 is 0 Å². The fourth-order valence-corrected chi connectivity index (χ4v) is 2.08. The zero-order valence-electron chi connectivity index (χ0n) is 12.5. The Hall–Kier alpha value is -2.49. The number of methoxy groups -OCH3 is 1. The summed E-state index contributed by atoms with van der Waals surface area (Å²) >= 11 is 0. The van der Waals surface area contributed by atoms with Crippen molar-refractivity contribution >= 4 is 11.6 Å². The van der Waals surface area contributed by atoms with E-state index in [1.54, 1.807) is 7.11 Å². The molecular weight excluding hydrogens is 262 g/mol. The zero-order valence-corrected chi connectivity index (χ0v) is 12.5. The van der Waals surface area contributed by atoms with Crippen LogP contribution in [0.2, 0.25) is 0 Å². The van der Waals surface area contributed by atoms with E-state index in [0.717, 1.165) is 17.9 Å². The molecule has 2 aromatic rings. The molecule has 0 spiro atoms. The van der Waals surface area contributed by atoms with Gasteiger partial charge in [0, 0.05) is 18.3 Å². The first-order valence-electron chi connectivity index (χ1n) is 6.94. The van der Waals surface area contributed by atoms with Crippen LogP contribution in [-0.4, -0.2) is 19.6 Å². The van der Waals surface area contributed by atoms with E-state index in [1.807, 2.05) is 36.4 Å². The van der Waals surface area contributed by atoms with Crippen molar-refractivity contribution in [2.75, 3.05) is 19.0 Å². The Morgan fingerprint density at radius 3 is 2.76 bits per heavy atom. The number of hydrogen-bond acceptors (Lipinski definition) is 2. The van der Waals surface area contributed by atoms with Crippen LogP contribution in [0.5, 0.6) is 5.75 Å². The van der Waals surface area contributed by atoms with Gasteiger partial charge in [-0.3, -0.25) is 4.99 Å². The summed E-state index contributed by atoms with van der Waals surface area (Å²) in [4.78, 5) is 4.35. The summed E-state index contributed by atoms with van der Waals surface area (Å²) < 4.78 is 5.17. The molecule has 0 saturated heterocycles. The monoisotopic (exact) mass is 283 g/mol. The molecule has 0 unspecified atom stereocenters. The molecule has 0 atom stereocenters. The Bertz CT molecular complexity index is 623. The second-order valence-electron chi connectivity index (χ2n) is 4.80. The van der Waals surface area contributed by atoms with E-state index in [2.05, 4.69) is 29.4 Å². The van der Waals surface area contributed by atoms with Crippen LogP contribution in [-0.2, 0) is 6.42 Å². The molecule has 0 saturated carbocycles. The first-order valence-corrected chi connectivity index (χ1v) is 6.94. The lowest BCUT2D eigenvalue weighted by molar-refractivity contribution is 0.415. The fraction of sp³-hybridized carbons (Fsp3) is 0.235. The van der Waals surface area contributed by atoms with Crippen LogP contribution in [0.1, 0.15) is 11.1 Å². The van der Waals surface area contributed by atoms with Crippen molar-refractivity contribution in [3.05, 3.63) is 59.7 Å². The van der Waals surface area contributed by atoms with E-state index in [9.17, 15) is 0 Å². The number of hydrogen-bond donors (Lipinski definition) is 2. The van der Waals surface area contributed by atoms with Gasteiger partial charge in [-0.25, -0.2) is 0 Å². The van der Waals surface area contributed by atoms with Gasteiger partial charge in [-0.2, -0.15) is 0 Å². The van der Waals surface area contributed by atoms with E-state index in [0.29, 0.717) is 12.5 Å². The summed E-state index contributed by atoms with van der Waals surface area (Å²) in [7, 11) is 1.64. The van der Waals surface area contributed by atoms with E-state index in [-0.39, 0.29) is 0 Å². The number of ether oxygens (including phenoxy) is 1. The molecular formula is C17H21N3O. The van der Waals surface area contributed by atoms with Crippen LogP contribution < -0.4 is 15.8 Å². The minimum Gasteiger partial charge on any atom is -0.497 e. The summed E-state index contributed by atoms with van der Waals surface area (Å²) in [5.74, 6) is 1.20. The summed E-state index contributed by atoms with van der Waals surface area (Å²) in [6.07, 6.45) is 0.882. The Morgan fingerprint density at radius 1 is 1.19 bits per heavy atom. The Morgan fingerprint density at radius 2 is 2.00 bits per heavy atom. The first kappa shape index (κ1) is 14.9. The molecule has 0 bridgehead atoms. The minimum atomic E-state index is 0.414. The summed E-state index contributed by atoms with van der Waals surface area (Å²) in [5, 5.41) is 3.07. The van der Waals surface area contributed by atoms with Gasteiger partial charge in [0.1, 0.15) is 5.75 Å². The van der Waals surface area contributed by atoms with Gasteiger partial charge in [0.15, 0.2) is 5.96 Å². The highest BCUT2D eigenvalue weighted by molar-refractivity contribution is 5.92. The third kappa shape index (κ3) is 4.53. The lowest BCUT2D eigenvalue weighted by Gasteiger charge is -2.08. The molecule has 4 heteroatoms. The van der Waals surface area contributed by atoms with Gasteiger partial charge in [-0.15, -0.1) is 0 Å². The van der Waals surface area contributed by atoms with Gasteiger partial charge in [0.25, 0.3) is 0 Å². The second kappa shape index (κ2) is 7.33. The van der Waals surface area contributed by atoms with Crippen molar-refractivity contribution in [2.24, 2.45) is 10.7 Å². The third-order valence-corrected chi connectivity index (χ3v) is 3.27. The SMILES string of the molecule is COc1cccc(NC(N)=NCCc2ccccc2C)c1. The zero-order chi connectivity index (χ0) is 15.1. The van der Waals surface area contributed by atoms with Gasteiger partial charge in [0.05, 0.1) is 7.11 Å². The van der Waals surface area contributed by atoms with Crippen LogP contribution in [0.25, 0.3) is 0 Å². The van der Waals surface area contributed by atoms with Crippen LogP contribution in [0, 0.1) is 6.92 Å². The van der Waals surface area contributed by atoms with Gasteiger partial charge in [-0.1, -0.05) is 30.3 Å². The molecule has 3 N–H and O–H groups in total. The predicted octanol–water partition coefficient (Wildman–Crippen LogP) is 2.97. The molecule has 4 nitrogen and oxygen atoms in total. The number of benzene rings is 2. The van der Waals surface area contributed by atoms with Crippen molar-refractivity contribution in [1.82, 2.24) is 0 Å². The highest BCUT2D eigenvalue weighted by Crippen LogP contribution is 2.16. The maximum atomic E-state index is 5.90. The Labute approximate surface area is 125 Å². The molecule has 0 heterocycles. The first-order chi connectivity index (χ1) is 10.2. The normalized spacial score (nSPS) is 11.2. The van der Waals surface area contributed by atoms with Crippen LogP contribution in [0.15, 0.2) is 53.5 Å². The molecule has 0 aliphatic carbocycles. The van der Waals surface area contributed by atoms with Crippen LogP contribution in [0.3, 0.4) is 0 Å². The van der Waals surface area contributed by atoms with E-state index in [1.165, 1.54) is 11.1 Å². The number of aryl methyl sites for hydroxylation is 1. The smallest absolute Gasteiger partial charge is 0.193 e. The molecule has 110 valence electrons. The molecule has 0 aliphatic heterocycles. The summed E-state index contributed by atoms with van der Waals surface area (Å²) in [6, 6.07) is 15.9. The number of nitrogens with two attached hydrogens (primary N) is 1. The number of nitrogens with one attached hydrogen (secondary N) is 1. The van der Waals surface area contributed by atoms with E-state index < -0.39 is 0 Å². The molecule has 2 aromatic carbocycles. The van der Waals surface area contributed by atoms with E-state index >= 15 is 0 Å². The number of nitrogens with zero attached hydrogens (tertiary/aromatic N) is 1. The highest BCUT2D eigenvalue weighted by atomic mass is 16.5. The number of guanidine groups is 1. The lowest BCUT2D eigenvalue weighted by atomic mass is 10.1. The van der Waals surface area contributed by atoms with Crippen LogP contribution in [0.4, 0.5) is 5.69 Å². The van der Waals surface area contributed by atoms with Gasteiger partial charge in [0.2, 0.25) is 0 Å². The summed E-state index contributed by atoms with van der Waals surface area (Å²) in [6.45, 7) is 2.77. The summed E-state index contributed by atoms with van der Waals surface area (Å²) in [5.41, 5.74) is 9.35. The fourth-order valence-electron chi connectivity index (χ4n) is 2.08. The quantitative estimate of drug-likeness (QED) is 0.655. The largest absolute Gasteiger partial charge is 0.497 e. The Balaban J connectivity index is 1.91. The highest BCUT2D eigenvalue weighted by Gasteiger charge is 1.99. The molecule has 0 aromatic heterocycles. The predicted molar refractivity (Wildman–Crippen MR) is 88.0 cm³/mol. The van der Waals surface area contributed by atoms with Crippen molar-refractivity contribution < 1.29 is 4.74 Å². The van der Waals surface area contributed by atoms with Gasteiger partial charge < -0.3 is 15.8 Å². The van der Waals surface area contributed by atoms with Crippen molar-refractivity contribution in [3.63, 3.8) is 0 Å². The molecule has 21 heavy (non-hydrogen) atoms. The van der Waals surface area contributed by atoms with Crippen molar-refractivity contribution in [1.29, 1.82) is 0 Å². The number of anilines is 1. The molecule has 0 fully saturated rings. The average molecular weight is 283 g/mol. The number of aliphatic imine (C=N–C) groups is 1. The molecule has 2 rings (SSSR count). The van der Waals surface area contributed by atoms with Crippen molar-refractivity contribution in [3.8, 4) is 5.75 Å². The maximum Gasteiger partial charge on any atom is 0.193 e. The number of rotatable bonds is 5. The second-order valence-corrected chi connectivity index (χ2v) is 4.80. The van der Waals surface area contributed by atoms with Gasteiger partial charge in [-0.05, 0) is 36.6 Å². The molecule has 0 amide bonds. The minimum absolute atomic E-state index is 0.414. The molecule has 0 aliphatic rings.